The highest BCUT2D eigenvalue weighted by Crippen LogP contribution is 2.12. The van der Waals surface area contributed by atoms with Crippen LogP contribution in [0.4, 0.5) is 4.79 Å². The van der Waals surface area contributed by atoms with E-state index >= 15 is 0 Å². The number of ether oxygens (including phenoxy) is 1. The van der Waals surface area contributed by atoms with E-state index in [1.807, 2.05) is 0 Å². The molecule has 0 amide bonds. The average molecular weight is 184 g/mol. The van der Waals surface area contributed by atoms with Crippen LogP contribution >= 0.6 is 0 Å². The SMILES string of the molecule is Cc1oc(OC(=O)O)cc(=O)c1C. The second-order valence-electron chi connectivity index (χ2n) is 2.48. The first-order valence-electron chi connectivity index (χ1n) is 3.53. The van der Waals surface area contributed by atoms with E-state index in [2.05, 4.69) is 4.74 Å². The minimum Gasteiger partial charge on any atom is -0.449 e. The van der Waals surface area contributed by atoms with E-state index < -0.39 is 6.16 Å². The van der Waals surface area contributed by atoms with Crippen LogP contribution in [0.5, 0.6) is 5.95 Å². The Balaban J connectivity index is 3.13. The number of hydrogen-bond acceptors (Lipinski definition) is 4. The van der Waals surface area contributed by atoms with Crippen LogP contribution in [0.2, 0.25) is 0 Å². The van der Waals surface area contributed by atoms with Gasteiger partial charge in [0.2, 0.25) is 0 Å². The quantitative estimate of drug-likeness (QED) is 0.666. The van der Waals surface area contributed by atoms with Gasteiger partial charge in [0.1, 0.15) is 5.76 Å². The van der Waals surface area contributed by atoms with Crippen molar-refractivity contribution in [3.05, 3.63) is 27.6 Å². The standard InChI is InChI=1S/C8H8O5/c1-4-5(2)12-7(3-6(4)9)13-8(10)11/h3H,1-2H3,(H,10,11). The molecule has 0 atom stereocenters. The van der Waals surface area contributed by atoms with Gasteiger partial charge in [-0.15, -0.1) is 0 Å². The summed E-state index contributed by atoms with van der Waals surface area (Å²) in [5.41, 5.74) is 0.137. The highest BCUT2D eigenvalue weighted by atomic mass is 16.7. The molecule has 0 bridgehead atoms. The molecule has 5 nitrogen and oxygen atoms in total. The predicted molar refractivity (Wildman–Crippen MR) is 43.1 cm³/mol. The van der Waals surface area contributed by atoms with Gasteiger partial charge in [-0.25, -0.2) is 4.79 Å². The highest BCUT2D eigenvalue weighted by molar-refractivity contribution is 5.59. The summed E-state index contributed by atoms with van der Waals surface area (Å²) >= 11 is 0. The van der Waals surface area contributed by atoms with Crippen molar-refractivity contribution in [2.75, 3.05) is 0 Å². The second kappa shape index (κ2) is 3.30. The number of carbonyl (C=O) groups is 1. The lowest BCUT2D eigenvalue weighted by molar-refractivity contribution is 0.131. The summed E-state index contributed by atoms with van der Waals surface area (Å²) in [6.45, 7) is 3.15. The molecule has 1 aromatic heterocycles. The number of hydrogen-bond donors (Lipinski definition) is 1. The van der Waals surface area contributed by atoms with E-state index in [0.29, 0.717) is 11.3 Å². The summed E-state index contributed by atoms with van der Waals surface area (Å²) in [4.78, 5) is 21.2. The number of rotatable bonds is 1. The molecule has 1 N–H and O–H groups in total. The smallest absolute Gasteiger partial charge is 0.449 e. The van der Waals surface area contributed by atoms with Gasteiger partial charge in [-0.05, 0) is 13.8 Å². The first-order valence-corrected chi connectivity index (χ1v) is 3.53. The Bertz CT molecular complexity index is 390. The third kappa shape index (κ3) is 2.08. The van der Waals surface area contributed by atoms with Crippen LogP contribution in [-0.4, -0.2) is 11.3 Å². The van der Waals surface area contributed by atoms with Crippen LogP contribution in [0, 0.1) is 13.8 Å². The van der Waals surface area contributed by atoms with Crippen LogP contribution < -0.4 is 10.2 Å². The molecule has 1 heterocycles. The molecule has 0 spiro atoms. The van der Waals surface area contributed by atoms with Gasteiger partial charge in [0, 0.05) is 5.56 Å². The molecular formula is C8H8O5. The fraction of sp³-hybridized carbons (Fsp3) is 0.250. The summed E-state index contributed by atoms with van der Waals surface area (Å²) in [6.07, 6.45) is -1.51. The minimum absolute atomic E-state index is 0.305. The monoisotopic (exact) mass is 184 g/mol. The van der Waals surface area contributed by atoms with Gasteiger partial charge in [0.05, 0.1) is 6.07 Å². The van der Waals surface area contributed by atoms with E-state index in [1.165, 1.54) is 0 Å². The molecule has 0 aliphatic rings. The Morgan fingerprint density at radius 1 is 1.54 bits per heavy atom. The number of aryl methyl sites for hydroxylation is 1. The van der Waals surface area contributed by atoms with Gasteiger partial charge in [-0.3, -0.25) is 4.79 Å². The van der Waals surface area contributed by atoms with E-state index in [0.717, 1.165) is 6.07 Å². The lowest BCUT2D eigenvalue weighted by Gasteiger charge is -2.01. The van der Waals surface area contributed by atoms with E-state index in [1.54, 1.807) is 13.8 Å². The molecule has 0 aliphatic carbocycles. The van der Waals surface area contributed by atoms with Gasteiger partial charge < -0.3 is 14.3 Å². The maximum Gasteiger partial charge on any atom is 0.513 e. The van der Waals surface area contributed by atoms with Crippen molar-refractivity contribution in [3.8, 4) is 5.95 Å². The first kappa shape index (κ1) is 9.31. The Labute approximate surface area is 73.6 Å². The normalized spacial score (nSPS) is 9.69. The molecule has 0 saturated carbocycles. The fourth-order valence-corrected chi connectivity index (χ4v) is 0.782. The second-order valence-corrected chi connectivity index (χ2v) is 2.48. The predicted octanol–water partition coefficient (Wildman–Crippen LogP) is 1.31. The molecule has 70 valence electrons. The lowest BCUT2D eigenvalue weighted by Crippen LogP contribution is -2.09. The van der Waals surface area contributed by atoms with Crippen LogP contribution in [0.15, 0.2) is 15.3 Å². The molecular weight excluding hydrogens is 176 g/mol. The van der Waals surface area contributed by atoms with Crippen molar-refractivity contribution < 1.29 is 19.1 Å². The van der Waals surface area contributed by atoms with E-state index in [4.69, 9.17) is 9.52 Å². The Kier molecular flexibility index (Phi) is 2.36. The zero-order valence-electron chi connectivity index (χ0n) is 7.16. The maximum atomic E-state index is 11.1. The van der Waals surface area contributed by atoms with Crippen LogP contribution in [0.1, 0.15) is 11.3 Å². The molecule has 1 rings (SSSR count). The van der Waals surface area contributed by atoms with Gasteiger partial charge >= 0.3 is 6.16 Å². The summed E-state index contributed by atoms with van der Waals surface area (Å²) in [5, 5.41) is 8.23. The third-order valence-corrected chi connectivity index (χ3v) is 1.59. The van der Waals surface area contributed by atoms with Crippen molar-refractivity contribution in [1.82, 2.24) is 0 Å². The molecule has 0 unspecified atom stereocenters. The van der Waals surface area contributed by atoms with E-state index in [-0.39, 0.29) is 11.4 Å². The molecule has 0 fully saturated rings. The van der Waals surface area contributed by atoms with Crippen molar-refractivity contribution in [2.45, 2.75) is 13.8 Å². The third-order valence-electron chi connectivity index (χ3n) is 1.59. The maximum absolute atomic E-state index is 11.1. The van der Waals surface area contributed by atoms with Crippen molar-refractivity contribution in [3.63, 3.8) is 0 Å². The summed E-state index contributed by atoms with van der Waals surface area (Å²) in [5.74, 6) is 0.0457. The van der Waals surface area contributed by atoms with Crippen molar-refractivity contribution >= 4 is 6.16 Å². The molecule has 1 aromatic rings. The Morgan fingerprint density at radius 2 is 2.15 bits per heavy atom. The summed E-state index contributed by atoms with van der Waals surface area (Å²) < 4.78 is 9.08. The van der Waals surface area contributed by atoms with Crippen LogP contribution in [0.3, 0.4) is 0 Å². The summed E-state index contributed by atoms with van der Waals surface area (Å²) in [7, 11) is 0. The van der Waals surface area contributed by atoms with Crippen LogP contribution in [0.25, 0.3) is 0 Å². The number of carboxylic acid groups (broad SMARTS) is 1. The zero-order valence-corrected chi connectivity index (χ0v) is 7.16. The van der Waals surface area contributed by atoms with Crippen molar-refractivity contribution in [2.24, 2.45) is 0 Å². The topological polar surface area (TPSA) is 76.7 Å². The Hall–Kier alpha value is -1.78. The lowest BCUT2D eigenvalue weighted by atomic mass is 10.2. The van der Waals surface area contributed by atoms with Gasteiger partial charge in [-0.1, -0.05) is 0 Å². The molecule has 5 heteroatoms. The zero-order chi connectivity index (χ0) is 10.0. The molecule has 13 heavy (non-hydrogen) atoms. The average Bonchev–Trinajstić information content (AvgIpc) is 1.98. The summed E-state index contributed by atoms with van der Waals surface area (Å²) in [6, 6.07) is 0.996. The highest BCUT2D eigenvalue weighted by Gasteiger charge is 2.08. The fourth-order valence-electron chi connectivity index (χ4n) is 0.782. The van der Waals surface area contributed by atoms with Gasteiger partial charge in [-0.2, -0.15) is 0 Å². The Morgan fingerprint density at radius 3 is 2.62 bits per heavy atom. The van der Waals surface area contributed by atoms with Crippen LogP contribution in [-0.2, 0) is 0 Å². The van der Waals surface area contributed by atoms with Gasteiger partial charge in [0.25, 0.3) is 5.95 Å². The minimum atomic E-state index is -1.51. The largest absolute Gasteiger partial charge is 0.513 e. The first-order chi connectivity index (χ1) is 6.00. The molecule has 0 radical (unpaired) electrons. The van der Waals surface area contributed by atoms with Gasteiger partial charge in [0.15, 0.2) is 5.43 Å². The molecule has 0 saturated heterocycles. The van der Waals surface area contributed by atoms with E-state index in [9.17, 15) is 9.59 Å². The van der Waals surface area contributed by atoms with Crippen molar-refractivity contribution in [1.29, 1.82) is 0 Å². The molecule has 0 aliphatic heterocycles. The molecule has 0 aromatic carbocycles.